The molecular formula is C8H7F2NO4. The van der Waals surface area contributed by atoms with Gasteiger partial charge in [0.2, 0.25) is 5.43 Å². The van der Waals surface area contributed by atoms with Gasteiger partial charge in [-0.15, -0.1) is 0 Å². The SMILES string of the molecule is COC(=O)c1[nH]cc(C(F)F)c(=O)c1O. The molecule has 1 aromatic rings. The molecule has 0 aromatic carbocycles. The first-order valence-corrected chi connectivity index (χ1v) is 3.80. The minimum absolute atomic E-state index is 0.549. The number of alkyl halides is 2. The van der Waals surface area contributed by atoms with Gasteiger partial charge in [-0.25, -0.2) is 13.6 Å². The van der Waals surface area contributed by atoms with E-state index in [2.05, 4.69) is 9.72 Å². The Balaban J connectivity index is 3.34. The van der Waals surface area contributed by atoms with Gasteiger partial charge >= 0.3 is 5.97 Å². The third kappa shape index (κ3) is 1.95. The van der Waals surface area contributed by atoms with Crippen LogP contribution in [-0.4, -0.2) is 23.2 Å². The number of ether oxygens (including phenoxy) is 1. The summed E-state index contributed by atoms with van der Waals surface area (Å²) in [4.78, 5) is 24.1. The lowest BCUT2D eigenvalue weighted by Crippen LogP contribution is -2.15. The highest BCUT2D eigenvalue weighted by Gasteiger charge is 2.21. The molecule has 0 saturated heterocycles. The monoisotopic (exact) mass is 219 g/mol. The molecule has 0 saturated carbocycles. The van der Waals surface area contributed by atoms with Gasteiger partial charge in [0.05, 0.1) is 12.7 Å². The summed E-state index contributed by atoms with van der Waals surface area (Å²) >= 11 is 0. The van der Waals surface area contributed by atoms with Crippen molar-refractivity contribution in [1.82, 2.24) is 4.98 Å². The van der Waals surface area contributed by atoms with Crippen LogP contribution >= 0.6 is 0 Å². The fourth-order valence-electron chi connectivity index (χ4n) is 0.954. The predicted octanol–water partition coefficient (Wildman–Crippen LogP) is 0.805. The maximum Gasteiger partial charge on any atom is 0.358 e. The number of aromatic nitrogens is 1. The number of methoxy groups -OCH3 is 1. The minimum atomic E-state index is -3.02. The van der Waals surface area contributed by atoms with Crippen LogP contribution in [0.3, 0.4) is 0 Å². The van der Waals surface area contributed by atoms with Crippen LogP contribution < -0.4 is 5.43 Å². The van der Waals surface area contributed by atoms with Crippen LogP contribution in [0.1, 0.15) is 22.5 Å². The van der Waals surface area contributed by atoms with Crippen LogP contribution in [0.4, 0.5) is 8.78 Å². The normalized spacial score (nSPS) is 10.4. The Bertz CT molecular complexity index is 441. The number of aromatic amines is 1. The molecule has 7 heteroatoms. The summed E-state index contributed by atoms with van der Waals surface area (Å²) in [6.45, 7) is 0. The number of nitrogens with one attached hydrogen (secondary N) is 1. The Hall–Kier alpha value is -1.92. The Morgan fingerprint density at radius 3 is 2.67 bits per heavy atom. The quantitative estimate of drug-likeness (QED) is 0.721. The van der Waals surface area contributed by atoms with Crippen molar-refractivity contribution in [3.63, 3.8) is 0 Å². The van der Waals surface area contributed by atoms with E-state index in [0.717, 1.165) is 7.11 Å². The summed E-state index contributed by atoms with van der Waals surface area (Å²) in [5, 5.41) is 9.15. The lowest BCUT2D eigenvalue weighted by molar-refractivity contribution is 0.0589. The molecule has 82 valence electrons. The van der Waals surface area contributed by atoms with Crippen LogP contribution in [0.15, 0.2) is 11.0 Å². The van der Waals surface area contributed by atoms with Crippen LogP contribution in [0, 0.1) is 0 Å². The molecular weight excluding hydrogens is 212 g/mol. The highest BCUT2D eigenvalue weighted by atomic mass is 19.3. The molecule has 1 heterocycles. The Morgan fingerprint density at radius 2 is 2.20 bits per heavy atom. The third-order valence-corrected chi connectivity index (χ3v) is 1.71. The summed E-state index contributed by atoms with van der Waals surface area (Å²) in [6.07, 6.45) is -2.36. The number of hydrogen-bond donors (Lipinski definition) is 2. The molecule has 0 aliphatic heterocycles. The van der Waals surface area contributed by atoms with Crippen molar-refractivity contribution in [3.05, 3.63) is 27.7 Å². The Labute approximate surface area is 82.3 Å². The molecule has 15 heavy (non-hydrogen) atoms. The molecule has 0 fully saturated rings. The third-order valence-electron chi connectivity index (χ3n) is 1.71. The van der Waals surface area contributed by atoms with Gasteiger partial charge in [-0.2, -0.15) is 0 Å². The van der Waals surface area contributed by atoms with E-state index in [4.69, 9.17) is 5.11 Å². The maximum absolute atomic E-state index is 12.2. The predicted molar refractivity (Wildman–Crippen MR) is 45.0 cm³/mol. The van der Waals surface area contributed by atoms with Gasteiger partial charge in [0.15, 0.2) is 11.4 Å². The molecule has 0 bridgehead atoms. The Kier molecular flexibility index (Phi) is 3.03. The van der Waals surface area contributed by atoms with Crippen molar-refractivity contribution in [3.8, 4) is 5.75 Å². The summed E-state index contributed by atoms with van der Waals surface area (Å²) < 4.78 is 28.6. The van der Waals surface area contributed by atoms with Gasteiger partial charge in [0.25, 0.3) is 6.43 Å². The highest BCUT2D eigenvalue weighted by Crippen LogP contribution is 2.18. The molecule has 0 atom stereocenters. The highest BCUT2D eigenvalue weighted by molar-refractivity contribution is 5.89. The summed E-state index contributed by atoms with van der Waals surface area (Å²) in [5.74, 6) is -2.08. The van der Waals surface area contributed by atoms with Crippen molar-refractivity contribution in [2.24, 2.45) is 0 Å². The standard InChI is InChI=1S/C8H7F2NO4/c1-15-8(14)4-6(13)5(12)3(2-11-4)7(9)10/h2,7,13H,1H3,(H,11,12). The van der Waals surface area contributed by atoms with Crippen molar-refractivity contribution in [2.45, 2.75) is 6.43 Å². The zero-order chi connectivity index (χ0) is 11.6. The second-order valence-corrected chi connectivity index (χ2v) is 2.59. The second-order valence-electron chi connectivity index (χ2n) is 2.59. The number of rotatable bonds is 2. The maximum atomic E-state index is 12.2. The average molecular weight is 219 g/mol. The number of pyridine rings is 1. The lowest BCUT2D eigenvalue weighted by atomic mass is 10.2. The van der Waals surface area contributed by atoms with E-state index in [9.17, 15) is 18.4 Å². The first-order valence-electron chi connectivity index (χ1n) is 3.80. The smallest absolute Gasteiger partial charge is 0.358 e. The first-order chi connectivity index (χ1) is 6.99. The molecule has 2 N–H and O–H groups in total. The van der Waals surface area contributed by atoms with Crippen LogP contribution in [0.2, 0.25) is 0 Å². The van der Waals surface area contributed by atoms with Gasteiger partial charge < -0.3 is 14.8 Å². The summed E-state index contributed by atoms with van der Waals surface area (Å²) in [6, 6.07) is 0. The number of carbonyl (C=O) groups excluding carboxylic acids is 1. The number of carbonyl (C=O) groups is 1. The lowest BCUT2D eigenvalue weighted by Gasteiger charge is -2.04. The number of hydrogen-bond acceptors (Lipinski definition) is 4. The number of H-pyrrole nitrogens is 1. The van der Waals surface area contributed by atoms with E-state index in [0.29, 0.717) is 6.20 Å². The molecule has 1 rings (SSSR count). The summed E-state index contributed by atoms with van der Waals surface area (Å²) in [5.41, 5.74) is -2.74. The zero-order valence-corrected chi connectivity index (χ0v) is 7.58. The van der Waals surface area contributed by atoms with E-state index in [1.807, 2.05) is 0 Å². The van der Waals surface area contributed by atoms with Crippen molar-refractivity contribution < 1.29 is 23.4 Å². The van der Waals surface area contributed by atoms with Gasteiger partial charge in [0.1, 0.15) is 0 Å². The van der Waals surface area contributed by atoms with Gasteiger partial charge in [0, 0.05) is 6.20 Å². The van der Waals surface area contributed by atoms with Gasteiger partial charge in [-0.05, 0) is 0 Å². The molecule has 0 aliphatic carbocycles. The fourth-order valence-corrected chi connectivity index (χ4v) is 0.954. The summed E-state index contributed by atoms with van der Waals surface area (Å²) in [7, 11) is 1.03. The minimum Gasteiger partial charge on any atom is -0.502 e. The van der Waals surface area contributed by atoms with Crippen LogP contribution in [0.25, 0.3) is 0 Å². The van der Waals surface area contributed by atoms with E-state index in [1.54, 1.807) is 0 Å². The number of esters is 1. The largest absolute Gasteiger partial charge is 0.502 e. The first kappa shape index (κ1) is 11.2. The molecule has 0 radical (unpaired) electrons. The van der Waals surface area contributed by atoms with Crippen molar-refractivity contribution in [1.29, 1.82) is 0 Å². The topological polar surface area (TPSA) is 79.4 Å². The van der Waals surface area contributed by atoms with Crippen molar-refractivity contribution >= 4 is 5.97 Å². The molecule has 0 unspecified atom stereocenters. The molecule has 1 aromatic heterocycles. The fraction of sp³-hybridized carbons (Fsp3) is 0.250. The van der Waals surface area contributed by atoms with E-state index in [1.165, 1.54) is 0 Å². The second kappa shape index (κ2) is 4.07. The number of aromatic hydroxyl groups is 1. The molecule has 0 spiro atoms. The average Bonchev–Trinajstić information content (AvgIpc) is 2.20. The van der Waals surface area contributed by atoms with Gasteiger partial charge in [-0.3, -0.25) is 4.79 Å². The van der Waals surface area contributed by atoms with Gasteiger partial charge in [-0.1, -0.05) is 0 Å². The molecule has 5 nitrogen and oxygen atoms in total. The van der Waals surface area contributed by atoms with Crippen molar-refractivity contribution in [2.75, 3.05) is 7.11 Å². The van der Waals surface area contributed by atoms with E-state index < -0.39 is 34.8 Å². The number of halogens is 2. The molecule has 0 aliphatic rings. The molecule has 0 amide bonds. The van der Waals surface area contributed by atoms with E-state index >= 15 is 0 Å². The van der Waals surface area contributed by atoms with Crippen LogP contribution in [-0.2, 0) is 4.74 Å². The van der Waals surface area contributed by atoms with E-state index in [-0.39, 0.29) is 0 Å². The van der Waals surface area contributed by atoms with Crippen LogP contribution in [0.5, 0.6) is 5.75 Å². The Morgan fingerprint density at radius 1 is 1.60 bits per heavy atom. The zero-order valence-electron chi connectivity index (χ0n) is 7.58.